The van der Waals surface area contributed by atoms with Gasteiger partial charge in [-0.05, 0) is 28.5 Å². The molecule has 3 rings (SSSR count). The summed E-state index contributed by atoms with van der Waals surface area (Å²) in [7, 11) is 3.79. The van der Waals surface area contributed by atoms with Crippen LogP contribution in [0, 0.1) is 11.3 Å². The predicted molar refractivity (Wildman–Crippen MR) is 97.5 cm³/mol. The zero-order valence-corrected chi connectivity index (χ0v) is 13.8. The van der Waals surface area contributed by atoms with Crippen molar-refractivity contribution in [2.45, 2.75) is 6.42 Å². The van der Waals surface area contributed by atoms with Crippen LogP contribution >= 0.6 is 0 Å². The molecule has 0 heterocycles. The number of hydrogen-bond donors (Lipinski definition) is 0. The summed E-state index contributed by atoms with van der Waals surface area (Å²) < 4.78 is 0. The molecule has 0 aromatic heterocycles. The molecule has 3 nitrogen and oxygen atoms in total. The summed E-state index contributed by atoms with van der Waals surface area (Å²) in [5.74, 6) is 0.0214. The Balaban J connectivity index is 1.94. The minimum atomic E-state index is 0.0214. The van der Waals surface area contributed by atoms with Crippen molar-refractivity contribution < 1.29 is 4.79 Å². The minimum Gasteiger partial charge on any atom is -0.377 e. The Morgan fingerprint density at radius 3 is 2.46 bits per heavy atom. The molecular formula is C21H18N2O. The number of ketones is 1. The minimum absolute atomic E-state index is 0.0214. The molecular weight excluding hydrogens is 296 g/mol. The van der Waals surface area contributed by atoms with E-state index in [1.807, 2.05) is 79.7 Å². The lowest BCUT2D eigenvalue weighted by atomic mass is 9.96. The maximum Gasteiger partial charge on any atom is 0.167 e. The first-order chi connectivity index (χ1) is 11.6. The van der Waals surface area contributed by atoms with Crippen molar-refractivity contribution in [2.75, 3.05) is 19.0 Å². The third kappa shape index (κ3) is 3.00. The van der Waals surface area contributed by atoms with Crippen molar-refractivity contribution in [1.29, 1.82) is 5.26 Å². The van der Waals surface area contributed by atoms with Crippen LogP contribution in [-0.4, -0.2) is 19.9 Å². The fourth-order valence-electron chi connectivity index (χ4n) is 2.87. The summed E-state index contributed by atoms with van der Waals surface area (Å²) in [4.78, 5) is 14.6. The molecule has 24 heavy (non-hydrogen) atoms. The lowest BCUT2D eigenvalue weighted by Gasteiger charge is -2.16. The molecule has 0 spiro atoms. The van der Waals surface area contributed by atoms with Crippen molar-refractivity contribution in [3.05, 3.63) is 77.4 Å². The van der Waals surface area contributed by atoms with Crippen LogP contribution in [0.15, 0.2) is 60.7 Å². The van der Waals surface area contributed by atoms with E-state index in [1.165, 1.54) is 0 Å². The quantitative estimate of drug-likeness (QED) is 0.678. The Hall–Kier alpha value is -3.12. The SMILES string of the molecule is CN(C)c1cccc(CC(=O)c2ccc3ccccc3c2)c1C#N. The highest BCUT2D eigenvalue weighted by molar-refractivity contribution is 6.01. The summed E-state index contributed by atoms with van der Waals surface area (Å²) >= 11 is 0. The maximum absolute atomic E-state index is 12.7. The Labute approximate surface area is 141 Å². The average molecular weight is 314 g/mol. The summed E-state index contributed by atoms with van der Waals surface area (Å²) in [6, 6.07) is 21.6. The molecule has 118 valence electrons. The number of carbonyl (C=O) groups excluding carboxylic acids is 1. The molecule has 0 aliphatic heterocycles. The van der Waals surface area contributed by atoms with Crippen LogP contribution in [-0.2, 0) is 6.42 Å². The van der Waals surface area contributed by atoms with E-state index >= 15 is 0 Å². The van der Waals surface area contributed by atoms with Gasteiger partial charge in [0.25, 0.3) is 0 Å². The van der Waals surface area contributed by atoms with Gasteiger partial charge >= 0.3 is 0 Å². The van der Waals surface area contributed by atoms with Gasteiger partial charge in [-0.3, -0.25) is 4.79 Å². The molecule has 0 amide bonds. The number of fused-ring (bicyclic) bond motifs is 1. The molecule has 0 saturated carbocycles. The van der Waals surface area contributed by atoms with E-state index in [0.29, 0.717) is 11.1 Å². The molecule has 0 saturated heterocycles. The van der Waals surface area contributed by atoms with Gasteiger partial charge < -0.3 is 4.90 Å². The second-order valence-corrected chi connectivity index (χ2v) is 5.98. The van der Waals surface area contributed by atoms with Gasteiger partial charge in [0.1, 0.15) is 6.07 Å². The first kappa shape index (κ1) is 15.8. The number of nitrogens with zero attached hydrogens (tertiary/aromatic N) is 2. The molecule has 0 fully saturated rings. The highest BCUT2D eigenvalue weighted by Crippen LogP contribution is 2.23. The highest BCUT2D eigenvalue weighted by atomic mass is 16.1. The monoisotopic (exact) mass is 314 g/mol. The van der Waals surface area contributed by atoms with E-state index in [0.717, 1.165) is 22.0 Å². The number of rotatable bonds is 4. The second kappa shape index (κ2) is 6.55. The first-order valence-corrected chi connectivity index (χ1v) is 7.81. The van der Waals surface area contributed by atoms with E-state index < -0.39 is 0 Å². The maximum atomic E-state index is 12.7. The van der Waals surface area contributed by atoms with Gasteiger partial charge in [-0.2, -0.15) is 5.26 Å². The Morgan fingerprint density at radius 1 is 1.00 bits per heavy atom. The topological polar surface area (TPSA) is 44.1 Å². The summed E-state index contributed by atoms with van der Waals surface area (Å²) in [6.45, 7) is 0. The fourth-order valence-corrected chi connectivity index (χ4v) is 2.87. The number of Topliss-reactive ketones (excluding diaryl/α,β-unsaturated/α-hetero) is 1. The molecule has 3 aromatic carbocycles. The van der Waals surface area contributed by atoms with Crippen molar-refractivity contribution >= 4 is 22.2 Å². The molecule has 0 bridgehead atoms. The molecule has 3 aromatic rings. The second-order valence-electron chi connectivity index (χ2n) is 5.98. The Bertz CT molecular complexity index is 951. The van der Waals surface area contributed by atoms with Crippen molar-refractivity contribution in [1.82, 2.24) is 0 Å². The predicted octanol–water partition coefficient (Wildman–Crippen LogP) is 4.20. The summed E-state index contributed by atoms with van der Waals surface area (Å²) in [5.41, 5.74) is 2.84. The Morgan fingerprint density at radius 2 is 1.75 bits per heavy atom. The smallest absolute Gasteiger partial charge is 0.167 e. The summed E-state index contributed by atoms with van der Waals surface area (Å²) in [6.07, 6.45) is 0.225. The van der Waals surface area contributed by atoms with Gasteiger partial charge in [-0.25, -0.2) is 0 Å². The molecule has 0 aliphatic carbocycles. The molecule has 3 heteroatoms. The largest absolute Gasteiger partial charge is 0.377 e. The Kier molecular flexibility index (Phi) is 4.31. The van der Waals surface area contributed by atoms with Gasteiger partial charge in [0.2, 0.25) is 0 Å². The third-order valence-corrected chi connectivity index (χ3v) is 4.14. The van der Waals surface area contributed by atoms with Crippen LogP contribution in [0.25, 0.3) is 10.8 Å². The van der Waals surface area contributed by atoms with E-state index in [-0.39, 0.29) is 12.2 Å². The zero-order chi connectivity index (χ0) is 17.1. The van der Waals surface area contributed by atoms with Gasteiger partial charge in [0, 0.05) is 26.1 Å². The number of carbonyl (C=O) groups is 1. The number of benzene rings is 3. The van der Waals surface area contributed by atoms with E-state index in [9.17, 15) is 10.1 Å². The van der Waals surface area contributed by atoms with Crippen molar-refractivity contribution in [2.24, 2.45) is 0 Å². The lowest BCUT2D eigenvalue weighted by molar-refractivity contribution is 0.0993. The van der Waals surface area contributed by atoms with Crippen LogP contribution in [0.5, 0.6) is 0 Å². The number of hydrogen-bond acceptors (Lipinski definition) is 3. The van der Waals surface area contributed by atoms with E-state index in [4.69, 9.17) is 0 Å². The first-order valence-electron chi connectivity index (χ1n) is 7.81. The normalized spacial score (nSPS) is 10.4. The van der Waals surface area contributed by atoms with Crippen LogP contribution < -0.4 is 4.90 Å². The van der Waals surface area contributed by atoms with Crippen molar-refractivity contribution in [3.63, 3.8) is 0 Å². The number of nitriles is 1. The zero-order valence-electron chi connectivity index (χ0n) is 13.8. The van der Waals surface area contributed by atoms with Crippen LogP contribution in [0.4, 0.5) is 5.69 Å². The third-order valence-electron chi connectivity index (χ3n) is 4.14. The van der Waals surface area contributed by atoms with Crippen LogP contribution in [0.3, 0.4) is 0 Å². The van der Waals surface area contributed by atoms with E-state index in [1.54, 1.807) is 0 Å². The van der Waals surface area contributed by atoms with Crippen LogP contribution in [0.1, 0.15) is 21.5 Å². The van der Waals surface area contributed by atoms with Gasteiger partial charge in [0.15, 0.2) is 5.78 Å². The van der Waals surface area contributed by atoms with Crippen molar-refractivity contribution in [3.8, 4) is 6.07 Å². The molecule has 0 atom stereocenters. The van der Waals surface area contributed by atoms with Gasteiger partial charge in [0.05, 0.1) is 11.3 Å². The van der Waals surface area contributed by atoms with Gasteiger partial charge in [-0.1, -0.05) is 48.5 Å². The molecule has 0 aliphatic rings. The average Bonchev–Trinajstić information content (AvgIpc) is 2.60. The molecule has 0 radical (unpaired) electrons. The lowest BCUT2D eigenvalue weighted by Crippen LogP contribution is -2.13. The highest BCUT2D eigenvalue weighted by Gasteiger charge is 2.14. The standard InChI is InChI=1S/C21H18N2O/c1-23(2)20-9-5-8-17(19(20)14-22)13-21(24)18-11-10-15-6-3-4-7-16(15)12-18/h3-12H,13H2,1-2H3. The molecule has 0 N–H and O–H groups in total. The molecule has 0 unspecified atom stereocenters. The van der Waals surface area contributed by atoms with Gasteiger partial charge in [-0.15, -0.1) is 0 Å². The number of anilines is 1. The van der Waals surface area contributed by atoms with E-state index in [2.05, 4.69) is 6.07 Å². The van der Waals surface area contributed by atoms with Crippen LogP contribution in [0.2, 0.25) is 0 Å². The summed E-state index contributed by atoms with van der Waals surface area (Å²) in [5, 5.41) is 11.6. The fraction of sp³-hybridized carbons (Fsp3) is 0.143.